The van der Waals surface area contributed by atoms with Crippen LogP contribution in [0.25, 0.3) is 0 Å². The summed E-state index contributed by atoms with van der Waals surface area (Å²) >= 11 is 11.0. The van der Waals surface area contributed by atoms with Crippen LogP contribution in [0.5, 0.6) is 11.5 Å². The monoisotopic (exact) mass is 394 g/mol. The van der Waals surface area contributed by atoms with Gasteiger partial charge in [-0.05, 0) is 48.6 Å². The van der Waals surface area contributed by atoms with Crippen LogP contribution in [0.2, 0.25) is 5.02 Å². The number of carboxylic acid groups (broad SMARTS) is 1. The molecule has 3 N–H and O–H groups in total. The number of ether oxygens (including phenoxy) is 2. The Bertz CT molecular complexity index is 872. The maximum Gasteiger partial charge on any atom is 0.335 e. The van der Waals surface area contributed by atoms with E-state index in [0.717, 1.165) is 0 Å². The summed E-state index contributed by atoms with van der Waals surface area (Å²) in [5.41, 5.74) is 0.546. The third-order valence-electron chi connectivity index (χ3n) is 3.33. The van der Waals surface area contributed by atoms with E-state index in [1.54, 1.807) is 12.1 Å². The molecule has 0 fully saturated rings. The number of rotatable bonds is 5. The fourth-order valence-electron chi connectivity index (χ4n) is 2.12. The molecule has 9 heteroatoms. The summed E-state index contributed by atoms with van der Waals surface area (Å²) in [4.78, 5) is 23.5. The van der Waals surface area contributed by atoms with Gasteiger partial charge in [0, 0.05) is 5.02 Å². The zero-order valence-corrected chi connectivity index (χ0v) is 15.4. The van der Waals surface area contributed by atoms with Crippen molar-refractivity contribution in [2.45, 2.75) is 0 Å². The number of halogens is 1. The predicted octanol–water partition coefficient (Wildman–Crippen LogP) is 3.18. The van der Waals surface area contributed by atoms with Gasteiger partial charge in [-0.2, -0.15) is 0 Å². The van der Waals surface area contributed by atoms with E-state index in [2.05, 4.69) is 10.6 Å². The highest BCUT2D eigenvalue weighted by atomic mass is 35.5. The minimum atomic E-state index is -1.10. The lowest BCUT2D eigenvalue weighted by molar-refractivity contribution is 0.0696. The third kappa shape index (κ3) is 4.62. The first-order chi connectivity index (χ1) is 12.3. The molecule has 7 nitrogen and oxygen atoms in total. The summed E-state index contributed by atoms with van der Waals surface area (Å²) in [7, 11) is 2.86. The molecule has 0 aliphatic rings. The van der Waals surface area contributed by atoms with Gasteiger partial charge in [0.1, 0.15) is 11.5 Å². The van der Waals surface area contributed by atoms with Gasteiger partial charge >= 0.3 is 5.97 Å². The Balaban J connectivity index is 2.19. The highest BCUT2D eigenvalue weighted by molar-refractivity contribution is 7.80. The molecule has 2 rings (SSSR count). The molecular weight excluding hydrogens is 380 g/mol. The number of aromatic carboxylic acids is 1. The van der Waals surface area contributed by atoms with Gasteiger partial charge in [0.25, 0.3) is 5.91 Å². The average molecular weight is 395 g/mol. The average Bonchev–Trinajstić information content (AvgIpc) is 2.61. The maximum absolute atomic E-state index is 12.4. The molecule has 0 radical (unpaired) electrons. The fraction of sp³-hybridized carbons (Fsp3) is 0.118. The van der Waals surface area contributed by atoms with Crippen LogP contribution in [0, 0.1) is 0 Å². The highest BCUT2D eigenvalue weighted by Gasteiger charge is 2.16. The Labute approximate surface area is 159 Å². The summed E-state index contributed by atoms with van der Waals surface area (Å²) in [6.07, 6.45) is 0. The van der Waals surface area contributed by atoms with E-state index >= 15 is 0 Å². The second-order valence-electron chi connectivity index (χ2n) is 4.97. The molecule has 0 unspecified atom stereocenters. The van der Waals surface area contributed by atoms with Crippen LogP contribution in [0.15, 0.2) is 36.4 Å². The van der Waals surface area contributed by atoms with Gasteiger partial charge < -0.3 is 19.9 Å². The van der Waals surface area contributed by atoms with Gasteiger partial charge in [-0.3, -0.25) is 10.1 Å². The van der Waals surface area contributed by atoms with Crippen molar-refractivity contribution in [3.63, 3.8) is 0 Å². The summed E-state index contributed by atoms with van der Waals surface area (Å²) in [5.74, 6) is -0.934. The first-order valence-electron chi connectivity index (χ1n) is 7.23. The number of methoxy groups -OCH3 is 2. The molecule has 0 aromatic heterocycles. The third-order valence-corrected chi connectivity index (χ3v) is 3.77. The number of benzene rings is 2. The molecule has 0 heterocycles. The molecule has 0 aliphatic heterocycles. The van der Waals surface area contributed by atoms with E-state index in [1.165, 1.54) is 38.5 Å². The molecule has 136 valence electrons. The smallest absolute Gasteiger partial charge is 0.335 e. The second kappa shape index (κ2) is 8.50. The number of hydrogen-bond donors (Lipinski definition) is 3. The lowest BCUT2D eigenvalue weighted by atomic mass is 10.2. The van der Waals surface area contributed by atoms with Crippen molar-refractivity contribution in [1.29, 1.82) is 0 Å². The zero-order chi connectivity index (χ0) is 19.3. The number of carbonyl (C=O) groups is 2. The molecule has 2 aromatic rings. The Kier molecular flexibility index (Phi) is 6.37. The predicted molar refractivity (Wildman–Crippen MR) is 102 cm³/mol. The van der Waals surface area contributed by atoms with Crippen molar-refractivity contribution < 1.29 is 24.2 Å². The lowest BCUT2D eigenvalue weighted by Gasteiger charge is -2.14. The van der Waals surface area contributed by atoms with Crippen LogP contribution in [0.1, 0.15) is 20.7 Å². The van der Waals surface area contributed by atoms with E-state index < -0.39 is 11.9 Å². The molecule has 0 saturated heterocycles. The van der Waals surface area contributed by atoms with Crippen LogP contribution >= 0.6 is 23.8 Å². The van der Waals surface area contributed by atoms with E-state index in [9.17, 15) is 9.59 Å². The first kappa shape index (κ1) is 19.5. The normalized spacial score (nSPS) is 9.96. The highest BCUT2D eigenvalue weighted by Crippen LogP contribution is 2.26. The molecule has 0 aliphatic carbocycles. The zero-order valence-electron chi connectivity index (χ0n) is 13.8. The molecule has 0 atom stereocenters. The Morgan fingerprint density at radius 3 is 2.35 bits per heavy atom. The van der Waals surface area contributed by atoms with Crippen molar-refractivity contribution >= 4 is 46.5 Å². The van der Waals surface area contributed by atoms with Gasteiger partial charge in [-0.1, -0.05) is 11.6 Å². The fourth-order valence-corrected chi connectivity index (χ4v) is 2.50. The summed E-state index contributed by atoms with van der Waals surface area (Å²) in [6.45, 7) is 0. The van der Waals surface area contributed by atoms with Gasteiger partial charge in [-0.25, -0.2) is 4.79 Å². The topological polar surface area (TPSA) is 96.9 Å². The quantitative estimate of drug-likeness (QED) is 0.670. The van der Waals surface area contributed by atoms with Crippen LogP contribution in [0.3, 0.4) is 0 Å². The number of carboxylic acids is 1. The largest absolute Gasteiger partial charge is 0.496 e. The summed E-state index contributed by atoms with van der Waals surface area (Å²) in [6, 6.07) is 8.83. The molecule has 0 bridgehead atoms. The van der Waals surface area contributed by atoms with Crippen LogP contribution in [0.4, 0.5) is 5.69 Å². The van der Waals surface area contributed by atoms with Crippen LogP contribution in [-0.4, -0.2) is 36.3 Å². The number of amides is 1. The van der Waals surface area contributed by atoms with Crippen molar-refractivity contribution in [3.05, 3.63) is 52.5 Å². The van der Waals surface area contributed by atoms with Gasteiger partial charge in [0.05, 0.1) is 31.0 Å². The van der Waals surface area contributed by atoms with Gasteiger partial charge in [-0.15, -0.1) is 0 Å². The van der Waals surface area contributed by atoms with Crippen molar-refractivity contribution in [3.8, 4) is 11.5 Å². The Morgan fingerprint density at radius 1 is 1.08 bits per heavy atom. The molecule has 26 heavy (non-hydrogen) atoms. The van der Waals surface area contributed by atoms with E-state index in [4.69, 9.17) is 38.4 Å². The minimum absolute atomic E-state index is 0.0407. The molecule has 0 spiro atoms. The van der Waals surface area contributed by atoms with E-state index in [-0.39, 0.29) is 16.2 Å². The Hall–Kier alpha value is -2.84. The summed E-state index contributed by atoms with van der Waals surface area (Å²) < 4.78 is 10.3. The number of nitrogens with one attached hydrogen (secondary N) is 2. The van der Waals surface area contributed by atoms with E-state index in [1.807, 2.05) is 0 Å². The van der Waals surface area contributed by atoms with Crippen molar-refractivity contribution in [1.82, 2.24) is 5.32 Å². The lowest BCUT2D eigenvalue weighted by Crippen LogP contribution is -2.34. The van der Waals surface area contributed by atoms with Crippen molar-refractivity contribution in [2.75, 3.05) is 19.5 Å². The van der Waals surface area contributed by atoms with Crippen LogP contribution < -0.4 is 20.1 Å². The Morgan fingerprint density at radius 2 is 1.73 bits per heavy atom. The number of thiocarbonyl (C=S) groups is 1. The summed E-state index contributed by atoms with van der Waals surface area (Å²) in [5, 5.41) is 14.6. The SMILES string of the molecule is COc1ccc(C(=O)O)cc1NC(=S)NC(=O)c1cc(Cl)ccc1OC. The standard InChI is InChI=1S/C17H15ClN2O5S/c1-24-13-6-4-10(18)8-11(13)15(21)20-17(26)19-12-7-9(16(22)23)3-5-14(12)25-2/h3-8H,1-2H3,(H,22,23)(H2,19,20,21,26). The molecule has 0 saturated carbocycles. The first-order valence-corrected chi connectivity index (χ1v) is 8.01. The number of anilines is 1. The number of carbonyl (C=O) groups excluding carboxylic acids is 1. The molecule has 1 amide bonds. The minimum Gasteiger partial charge on any atom is -0.496 e. The maximum atomic E-state index is 12.4. The van der Waals surface area contributed by atoms with E-state index in [0.29, 0.717) is 22.2 Å². The number of hydrogen-bond acceptors (Lipinski definition) is 5. The van der Waals surface area contributed by atoms with Gasteiger partial charge in [0.2, 0.25) is 0 Å². The van der Waals surface area contributed by atoms with Gasteiger partial charge in [0.15, 0.2) is 5.11 Å². The van der Waals surface area contributed by atoms with Crippen LogP contribution in [-0.2, 0) is 0 Å². The molecule has 2 aromatic carbocycles. The molecular formula is C17H15ClN2O5S. The van der Waals surface area contributed by atoms with Crippen molar-refractivity contribution in [2.24, 2.45) is 0 Å². The second-order valence-corrected chi connectivity index (χ2v) is 5.82.